The quantitative estimate of drug-likeness (QED) is 0.711. The topological polar surface area (TPSA) is 72.2 Å². The Kier molecular flexibility index (Phi) is 5.25. The third-order valence-corrected chi connectivity index (χ3v) is 5.91. The molecule has 0 fully saturated rings. The Morgan fingerprint density at radius 1 is 1.08 bits per heavy atom. The second-order valence-corrected chi connectivity index (χ2v) is 8.21. The molecule has 3 aromatic rings. The first kappa shape index (κ1) is 18.4. The van der Waals surface area contributed by atoms with E-state index in [0.717, 1.165) is 16.8 Å². The number of nitrogens with zero attached hydrogens (tertiary/aromatic N) is 1. The Labute approximate surface area is 154 Å². The smallest absolute Gasteiger partial charge is 0.240 e. The first-order valence-electron chi connectivity index (χ1n) is 8.46. The van der Waals surface area contributed by atoms with Gasteiger partial charge in [0.15, 0.2) is 5.76 Å². The predicted molar refractivity (Wildman–Crippen MR) is 101 cm³/mol. The molecule has 136 valence electrons. The van der Waals surface area contributed by atoms with E-state index < -0.39 is 10.0 Å². The summed E-state index contributed by atoms with van der Waals surface area (Å²) < 4.78 is 33.3. The first-order valence-corrected chi connectivity index (χ1v) is 9.94. The molecule has 5 nitrogen and oxygen atoms in total. The standard InChI is InChI=1S/C20H22N2O3S/c1-14-11-18(19-12-16(3)22-25-19)9-10-20(14)26(23,24)21-13-15(2)17-7-5-4-6-8-17/h4-12,15,21H,13H2,1-3H3/t15-/m0/s1. The number of aromatic nitrogens is 1. The fourth-order valence-corrected chi connectivity index (χ4v) is 4.17. The van der Waals surface area contributed by atoms with Crippen molar-refractivity contribution < 1.29 is 12.9 Å². The molecule has 0 spiro atoms. The van der Waals surface area contributed by atoms with E-state index in [2.05, 4.69) is 9.88 Å². The van der Waals surface area contributed by atoms with Gasteiger partial charge in [0.25, 0.3) is 0 Å². The van der Waals surface area contributed by atoms with Crippen LogP contribution in [0.15, 0.2) is 64.0 Å². The van der Waals surface area contributed by atoms with Crippen molar-refractivity contribution in [3.8, 4) is 11.3 Å². The maximum absolute atomic E-state index is 12.7. The van der Waals surface area contributed by atoms with Crippen molar-refractivity contribution in [2.75, 3.05) is 6.54 Å². The van der Waals surface area contributed by atoms with Gasteiger partial charge in [0.05, 0.1) is 10.6 Å². The van der Waals surface area contributed by atoms with Gasteiger partial charge in [-0.25, -0.2) is 13.1 Å². The van der Waals surface area contributed by atoms with Crippen molar-refractivity contribution in [1.29, 1.82) is 0 Å². The molecule has 6 heteroatoms. The molecule has 0 radical (unpaired) electrons. The minimum absolute atomic E-state index is 0.0859. The van der Waals surface area contributed by atoms with Gasteiger partial charge in [-0.15, -0.1) is 0 Å². The van der Waals surface area contributed by atoms with Crippen molar-refractivity contribution in [3.05, 3.63) is 71.4 Å². The highest BCUT2D eigenvalue weighted by Crippen LogP contribution is 2.25. The second kappa shape index (κ2) is 7.43. The van der Waals surface area contributed by atoms with Crippen molar-refractivity contribution in [1.82, 2.24) is 9.88 Å². The molecule has 0 bridgehead atoms. The van der Waals surface area contributed by atoms with E-state index in [1.165, 1.54) is 0 Å². The largest absolute Gasteiger partial charge is 0.356 e. The molecule has 1 heterocycles. The van der Waals surface area contributed by atoms with Crippen LogP contribution in [0.5, 0.6) is 0 Å². The van der Waals surface area contributed by atoms with Crippen molar-refractivity contribution in [2.24, 2.45) is 0 Å². The number of sulfonamides is 1. The molecule has 0 amide bonds. The van der Waals surface area contributed by atoms with Crippen molar-refractivity contribution in [2.45, 2.75) is 31.6 Å². The molecule has 0 aliphatic rings. The van der Waals surface area contributed by atoms with Gasteiger partial charge in [-0.1, -0.05) is 42.4 Å². The third-order valence-electron chi connectivity index (χ3n) is 4.33. The van der Waals surface area contributed by atoms with Crippen molar-refractivity contribution in [3.63, 3.8) is 0 Å². The summed E-state index contributed by atoms with van der Waals surface area (Å²) in [6.07, 6.45) is 0. The fraction of sp³-hybridized carbons (Fsp3) is 0.250. The van der Waals surface area contributed by atoms with E-state index in [-0.39, 0.29) is 10.8 Å². The van der Waals surface area contributed by atoms with E-state index in [4.69, 9.17) is 4.52 Å². The van der Waals surface area contributed by atoms with Crippen LogP contribution >= 0.6 is 0 Å². The molecule has 26 heavy (non-hydrogen) atoms. The average molecular weight is 370 g/mol. The first-order chi connectivity index (χ1) is 12.4. The predicted octanol–water partition coefficient (Wildman–Crippen LogP) is 4.04. The Bertz CT molecular complexity index is 995. The Balaban J connectivity index is 1.77. The highest BCUT2D eigenvalue weighted by Gasteiger charge is 2.19. The number of rotatable bonds is 6. The lowest BCUT2D eigenvalue weighted by atomic mass is 10.0. The van der Waals surface area contributed by atoms with Gasteiger partial charge in [0, 0.05) is 18.2 Å². The summed E-state index contributed by atoms with van der Waals surface area (Å²) in [5, 5.41) is 3.87. The minimum Gasteiger partial charge on any atom is -0.356 e. The lowest BCUT2D eigenvalue weighted by Crippen LogP contribution is -2.28. The zero-order valence-electron chi connectivity index (χ0n) is 15.1. The number of benzene rings is 2. The maximum atomic E-state index is 12.7. The van der Waals surface area contributed by atoms with Crippen LogP contribution in [0.2, 0.25) is 0 Å². The molecule has 0 unspecified atom stereocenters. The Hall–Kier alpha value is -2.44. The molecular weight excluding hydrogens is 348 g/mol. The third kappa shape index (κ3) is 4.03. The van der Waals surface area contributed by atoms with E-state index in [1.807, 2.05) is 50.2 Å². The lowest BCUT2D eigenvalue weighted by Gasteiger charge is -2.14. The van der Waals surface area contributed by atoms with Gasteiger partial charge in [-0.2, -0.15) is 0 Å². The lowest BCUT2D eigenvalue weighted by molar-refractivity contribution is 0.427. The van der Waals surface area contributed by atoms with Crippen LogP contribution in [-0.4, -0.2) is 20.1 Å². The monoisotopic (exact) mass is 370 g/mol. The molecule has 0 saturated carbocycles. The van der Waals surface area contributed by atoms with Crippen LogP contribution in [0, 0.1) is 13.8 Å². The summed E-state index contributed by atoms with van der Waals surface area (Å²) in [6, 6.07) is 16.8. The second-order valence-electron chi connectivity index (χ2n) is 6.48. The van der Waals surface area contributed by atoms with E-state index >= 15 is 0 Å². The fourth-order valence-electron chi connectivity index (χ4n) is 2.82. The average Bonchev–Trinajstić information content (AvgIpc) is 3.06. The Morgan fingerprint density at radius 3 is 2.42 bits per heavy atom. The number of hydrogen-bond acceptors (Lipinski definition) is 4. The van der Waals surface area contributed by atoms with Crippen LogP contribution in [-0.2, 0) is 10.0 Å². The molecule has 1 atom stereocenters. The molecule has 3 rings (SSSR count). The molecule has 1 aromatic heterocycles. The summed E-state index contributed by atoms with van der Waals surface area (Å²) >= 11 is 0. The Morgan fingerprint density at radius 2 is 1.81 bits per heavy atom. The summed E-state index contributed by atoms with van der Waals surface area (Å²) in [4.78, 5) is 0.276. The van der Waals surface area contributed by atoms with Crippen LogP contribution in [0.3, 0.4) is 0 Å². The minimum atomic E-state index is -3.58. The van der Waals surface area contributed by atoms with E-state index in [1.54, 1.807) is 25.1 Å². The summed E-state index contributed by atoms with van der Waals surface area (Å²) in [5.74, 6) is 0.711. The normalized spacial score (nSPS) is 12.9. The number of nitrogens with one attached hydrogen (secondary N) is 1. The van der Waals surface area contributed by atoms with Gasteiger partial charge in [-0.05, 0) is 49.1 Å². The molecule has 0 aliphatic heterocycles. The van der Waals surface area contributed by atoms with Crippen LogP contribution < -0.4 is 4.72 Å². The molecule has 0 aliphatic carbocycles. The van der Waals surface area contributed by atoms with Crippen LogP contribution in [0.1, 0.15) is 29.7 Å². The highest BCUT2D eigenvalue weighted by atomic mass is 32.2. The highest BCUT2D eigenvalue weighted by molar-refractivity contribution is 7.89. The summed E-state index contributed by atoms with van der Waals surface area (Å²) in [7, 11) is -3.58. The SMILES string of the molecule is Cc1cc(-c2ccc(S(=O)(=O)NC[C@H](C)c3ccccc3)c(C)c2)on1. The van der Waals surface area contributed by atoms with Crippen LogP contribution in [0.25, 0.3) is 11.3 Å². The zero-order valence-corrected chi connectivity index (χ0v) is 15.9. The summed E-state index contributed by atoms with van der Waals surface area (Å²) in [5.41, 5.74) is 3.35. The van der Waals surface area contributed by atoms with E-state index in [0.29, 0.717) is 17.9 Å². The van der Waals surface area contributed by atoms with Crippen LogP contribution in [0.4, 0.5) is 0 Å². The van der Waals surface area contributed by atoms with Gasteiger partial charge < -0.3 is 4.52 Å². The maximum Gasteiger partial charge on any atom is 0.240 e. The zero-order chi connectivity index (χ0) is 18.7. The molecule has 0 saturated heterocycles. The molecule has 2 aromatic carbocycles. The molecular formula is C20H22N2O3S. The van der Waals surface area contributed by atoms with Gasteiger partial charge >= 0.3 is 0 Å². The van der Waals surface area contributed by atoms with Gasteiger partial charge in [0.2, 0.25) is 10.0 Å². The van der Waals surface area contributed by atoms with Gasteiger partial charge in [-0.3, -0.25) is 0 Å². The van der Waals surface area contributed by atoms with E-state index in [9.17, 15) is 8.42 Å². The summed E-state index contributed by atoms with van der Waals surface area (Å²) in [6.45, 7) is 5.97. The number of aryl methyl sites for hydroxylation is 2. The van der Waals surface area contributed by atoms with Crippen molar-refractivity contribution >= 4 is 10.0 Å². The van der Waals surface area contributed by atoms with Gasteiger partial charge in [0.1, 0.15) is 0 Å². The number of hydrogen-bond donors (Lipinski definition) is 1. The molecule has 1 N–H and O–H groups in total.